The third-order valence-corrected chi connectivity index (χ3v) is 6.45. The number of hydrogen-bond acceptors (Lipinski definition) is 3. The van der Waals surface area contributed by atoms with Crippen LogP contribution in [0.5, 0.6) is 0 Å². The van der Waals surface area contributed by atoms with Crippen molar-refractivity contribution in [3.05, 3.63) is 29.8 Å². The SMILES string of the molecule is CN1CC(CN2CCC3(CC2)C(=O)N(C)c2ccccc23)CCC1=O. The monoisotopic (exact) mass is 341 g/mol. The number of para-hydroxylation sites is 1. The van der Waals surface area contributed by atoms with Crippen molar-refractivity contribution in [2.75, 3.05) is 45.2 Å². The number of fused-ring (bicyclic) bond motifs is 2. The number of hydrogen-bond donors (Lipinski definition) is 0. The fraction of sp³-hybridized carbons (Fsp3) is 0.600. The van der Waals surface area contributed by atoms with Crippen LogP contribution in [0.3, 0.4) is 0 Å². The molecule has 25 heavy (non-hydrogen) atoms. The summed E-state index contributed by atoms with van der Waals surface area (Å²) < 4.78 is 0. The van der Waals surface area contributed by atoms with Gasteiger partial charge in [-0.3, -0.25) is 9.59 Å². The van der Waals surface area contributed by atoms with E-state index in [1.54, 1.807) is 0 Å². The average molecular weight is 341 g/mol. The summed E-state index contributed by atoms with van der Waals surface area (Å²) in [5.74, 6) is 1.09. The second-order valence-electron chi connectivity index (χ2n) is 7.94. The van der Waals surface area contributed by atoms with Gasteiger partial charge in [0.05, 0.1) is 5.41 Å². The highest BCUT2D eigenvalue weighted by atomic mass is 16.2. The number of benzene rings is 1. The Morgan fingerprint density at radius 3 is 2.56 bits per heavy atom. The van der Waals surface area contributed by atoms with Gasteiger partial charge < -0.3 is 14.7 Å². The lowest BCUT2D eigenvalue weighted by Crippen LogP contribution is -2.50. The molecular formula is C20H27N3O2. The van der Waals surface area contributed by atoms with Crippen molar-refractivity contribution in [2.45, 2.75) is 31.1 Å². The number of nitrogens with zero attached hydrogens (tertiary/aromatic N) is 3. The fourth-order valence-electron chi connectivity index (χ4n) is 4.93. The van der Waals surface area contributed by atoms with Gasteiger partial charge in [-0.25, -0.2) is 0 Å². The average Bonchev–Trinajstić information content (AvgIpc) is 2.83. The lowest BCUT2D eigenvalue weighted by molar-refractivity contribution is -0.133. The minimum Gasteiger partial charge on any atom is -0.345 e. The number of likely N-dealkylation sites (tertiary alicyclic amines) is 2. The number of piperidine rings is 2. The normalized spacial score (nSPS) is 26.4. The lowest BCUT2D eigenvalue weighted by Gasteiger charge is -2.40. The molecule has 3 aliphatic heterocycles. The van der Waals surface area contributed by atoms with Gasteiger partial charge in [-0.1, -0.05) is 18.2 Å². The van der Waals surface area contributed by atoms with E-state index >= 15 is 0 Å². The van der Waals surface area contributed by atoms with E-state index in [2.05, 4.69) is 17.0 Å². The van der Waals surface area contributed by atoms with Crippen LogP contribution >= 0.6 is 0 Å². The summed E-state index contributed by atoms with van der Waals surface area (Å²) >= 11 is 0. The Hall–Kier alpha value is -1.88. The van der Waals surface area contributed by atoms with Gasteiger partial charge in [0.1, 0.15) is 0 Å². The van der Waals surface area contributed by atoms with Gasteiger partial charge in [0, 0.05) is 39.3 Å². The molecule has 5 nitrogen and oxygen atoms in total. The molecule has 1 atom stereocenters. The Morgan fingerprint density at radius 2 is 1.84 bits per heavy atom. The van der Waals surface area contributed by atoms with Crippen LogP contribution in [0.15, 0.2) is 24.3 Å². The zero-order valence-electron chi connectivity index (χ0n) is 15.2. The van der Waals surface area contributed by atoms with Gasteiger partial charge in [0.2, 0.25) is 11.8 Å². The Morgan fingerprint density at radius 1 is 1.12 bits per heavy atom. The number of carbonyl (C=O) groups is 2. The molecular weight excluding hydrogens is 314 g/mol. The highest BCUT2D eigenvalue weighted by Crippen LogP contribution is 2.47. The molecule has 0 N–H and O–H groups in total. The van der Waals surface area contributed by atoms with Gasteiger partial charge in [-0.15, -0.1) is 0 Å². The van der Waals surface area contributed by atoms with E-state index in [0.29, 0.717) is 12.3 Å². The maximum absolute atomic E-state index is 13.0. The molecule has 1 aromatic rings. The van der Waals surface area contributed by atoms with Crippen molar-refractivity contribution < 1.29 is 9.59 Å². The first-order chi connectivity index (χ1) is 12.0. The Kier molecular flexibility index (Phi) is 4.07. The summed E-state index contributed by atoms with van der Waals surface area (Å²) in [5.41, 5.74) is 1.97. The molecule has 5 heteroatoms. The second-order valence-corrected chi connectivity index (χ2v) is 7.94. The first-order valence-electron chi connectivity index (χ1n) is 9.35. The summed E-state index contributed by atoms with van der Waals surface area (Å²) in [6.45, 7) is 3.83. The molecule has 0 aromatic heterocycles. The van der Waals surface area contributed by atoms with Crippen molar-refractivity contribution in [2.24, 2.45) is 5.92 Å². The van der Waals surface area contributed by atoms with Gasteiger partial charge in [0.25, 0.3) is 0 Å². The van der Waals surface area contributed by atoms with Crippen LogP contribution in [0, 0.1) is 5.92 Å². The standard InChI is InChI=1S/C20H27N3O2/c1-21-13-15(7-8-18(21)24)14-23-11-9-20(10-12-23)16-5-3-4-6-17(16)22(2)19(20)25/h3-6,15H,7-14H2,1-2H3. The molecule has 0 saturated carbocycles. The molecule has 2 amide bonds. The molecule has 0 aliphatic carbocycles. The van der Waals surface area contributed by atoms with E-state index in [0.717, 1.165) is 51.1 Å². The van der Waals surface area contributed by atoms with Crippen LogP contribution in [-0.2, 0) is 15.0 Å². The minimum atomic E-state index is -0.318. The molecule has 2 fully saturated rings. The first kappa shape index (κ1) is 16.6. The zero-order valence-corrected chi connectivity index (χ0v) is 15.2. The van der Waals surface area contributed by atoms with Crippen LogP contribution in [0.2, 0.25) is 0 Å². The molecule has 3 aliphatic rings. The lowest BCUT2D eigenvalue weighted by atomic mass is 9.73. The van der Waals surface area contributed by atoms with Crippen LogP contribution < -0.4 is 4.90 Å². The van der Waals surface area contributed by atoms with Crippen molar-refractivity contribution >= 4 is 17.5 Å². The highest BCUT2D eigenvalue weighted by molar-refractivity contribution is 6.07. The molecule has 0 radical (unpaired) electrons. The molecule has 4 rings (SSSR count). The van der Waals surface area contributed by atoms with Crippen molar-refractivity contribution in [1.82, 2.24) is 9.80 Å². The number of anilines is 1. The van der Waals surface area contributed by atoms with Crippen LogP contribution in [0.25, 0.3) is 0 Å². The summed E-state index contributed by atoms with van der Waals surface area (Å²) in [5, 5.41) is 0. The Labute approximate surface area is 149 Å². The van der Waals surface area contributed by atoms with Gasteiger partial charge in [0.15, 0.2) is 0 Å². The van der Waals surface area contributed by atoms with E-state index in [4.69, 9.17) is 0 Å². The number of carbonyl (C=O) groups excluding carboxylic acids is 2. The van der Waals surface area contributed by atoms with Gasteiger partial charge in [-0.2, -0.15) is 0 Å². The predicted octanol–water partition coefficient (Wildman–Crippen LogP) is 1.86. The Balaban J connectivity index is 1.43. The predicted molar refractivity (Wildman–Crippen MR) is 97.6 cm³/mol. The van der Waals surface area contributed by atoms with E-state index in [1.807, 2.05) is 36.0 Å². The fourth-order valence-corrected chi connectivity index (χ4v) is 4.93. The minimum absolute atomic E-state index is 0.261. The summed E-state index contributed by atoms with van der Waals surface area (Å²) in [6, 6.07) is 8.25. The quantitative estimate of drug-likeness (QED) is 0.825. The van der Waals surface area contributed by atoms with E-state index < -0.39 is 0 Å². The molecule has 2 saturated heterocycles. The number of rotatable bonds is 2. The molecule has 134 valence electrons. The zero-order chi connectivity index (χ0) is 17.6. The van der Waals surface area contributed by atoms with E-state index in [1.165, 1.54) is 5.56 Å². The van der Waals surface area contributed by atoms with Gasteiger partial charge in [-0.05, 0) is 49.9 Å². The van der Waals surface area contributed by atoms with Crippen molar-refractivity contribution in [3.8, 4) is 0 Å². The maximum Gasteiger partial charge on any atom is 0.237 e. The van der Waals surface area contributed by atoms with Crippen LogP contribution in [-0.4, -0.2) is 61.9 Å². The summed E-state index contributed by atoms with van der Waals surface area (Å²) in [4.78, 5) is 30.8. The van der Waals surface area contributed by atoms with Gasteiger partial charge >= 0.3 is 0 Å². The third-order valence-electron chi connectivity index (χ3n) is 6.45. The van der Waals surface area contributed by atoms with Crippen LogP contribution in [0.4, 0.5) is 5.69 Å². The second kappa shape index (κ2) is 6.13. The molecule has 1 spiro atoms. The van der Waals surface area contributed by atoms with Crippen molar-refractivity contribution in [3.63, 3.8) is 0 Å². The third kappa shape index (κ3) is 2.65. The number of likely N-dealkylation sites (N-methyl/N-ethyl adjacent to an activating group) is 1. The largest absolute Gasteiger partial charge is 0.345 e. The Bertz CT molecular complexity index is 694. The first-order valence-corrected chi connectivity index (χ1v) is 9.35. The molecule has 3 heterocycles. The highest BCUT2D eigenvalue weighted by Gasteiger charge is 2.50. The van der Waals surface area contributed by atoms with E-state index in [-0.39, 0.29) is 17.2 Å². The van der Waals surface area contributed by atoms with Crippen molar-refractivity contribution in [1.29, 1.82) is 0 Å². The smallest absolute Gasteiger partial charge is 0.237 e. The summed E-state index contributed by atoms with van der Waals surface area (Å²) in [7, 11) is 3.81. The molecule has 0 bridgehead atoms. The van der Waals surface area contributed by atoms with Crippen LogP contribution in [0.1, 0.15) is 31.2 Å². The topological polar surface area (TPSA) is 43.9 Å². The molecule has 1 unspecified atom stereocenters. The summed E-state index contributed by atoms with van der Waals surface area (Å²) in [6.07, 6.45) is 3.47. The molecule has 1 aromatic carbocycles. The van der Waals surface area contributed by atoms with E-state index in [9.17, 15) is 9.59 Å². The maximum atomic E-state index is 13.0. The number of amides is 2.